The molecule has 0 radical (unpaired) electrons. The number of rotatable bonds is 4. The summed E-state index contributed by atoms with van der Waals surface area (Å²) in [6.07, 6.45) is 6.84. The molecule has 1 unspecified atom stereocenters. The van der Waals surface area contributed by atoms with Crippen LogP contribution in [0.3, 0.4) is 0 Å². The van der Waals surface area contributed by atoms with Crippen molar-refractivity contribution in [3.8, 4) is 0 Å². The molecule has 0 N–H and O–H groups in total. The minimum Gasteiger partial charge on any atom is -0.264 e. The van der Waals surface area contributed by atoms with Crippen LogP contribution in [-0.4, -0.2) is 6.21 Å². The fraction of sp³-hybridized carbons (Fsp3) is 0.357. The predicted octanol–water partition coefficient (Wildman–Crippen LogP) is 4.15. The molecule has 0 aliphatic heterocycles. The molecule has 0 aliphatic rings. The third-order valence-corrected chi connectivity index (χ3v) is 2.59. The summed E-state index contributed by atoms with van der Waals surface area (Å²) < 4.78 is 0. The highest BCUT2D eigenvalue weighted by molar-refractivity contribution is 5.82. The molecule has 0 aromatic heterocycles. The highest BCUT2D eigenvalue weighted by Gasteiger charge is 2.05. The Balaban J connectivity index is 2.95. The van der Waals surface area contributed by atoms with E-state index < -0.39 is 0 Å². The van der Waals surface area contributed by atoms with E-state index >= 15 is 0 Å². The van der Waals surface area contributed by atoms with E-state index in [0.29, 0.717) is 5.92 Å². The molecule has 0 heterocycles. The monoisotopic (exact) mass is 201 g/mol. The van der Waals surface area contributed by atoms with E-state index in [4.69, 9.17) is 0 Å². The molecule has 1 aromatic rings. The first kappa shape index (κ1) is 11.7. The Morgan fingerprint density at radius 1 is 1.33 bits per heavy atom. The van der Waals surface area contributed by atoms with Gasteiger partial charge in [0.25, 0.3) is 0 Å². The average molecular weight is 201 g/mol. The number of benzene rings is 1. The van der Waals surface area contributed by atoms with E-state index in [0.717, 1.165) is 6.42 Å². The molecule has 1 atom stereocenters. The van der Waals surface area contributed by atoms with Crippen LogP contribution in [0, 0.1) is 0 Å². The van der Waals surface area contributed by atoms with Crippen molar-refractivity contribution >= 4 is 6.21 Å². The minimum atomic E-state index is 0.596. The molecule has 0 aliphatic carbocycles. The summed E-state index contributed by atoms with van der Waals surface area (Å²) in [7, 11) is 0. The van der Waals surface area contributed by atoms with Gasteiger partial charge >= 0.3 is 0 Å². The number of nitrogens with zero attached hydrogens (tertiary/aromatic N) is 1. The number of aliphatic imine (C=N–C) groups is 1. The van der Waals surface area contributed by atoms with E-state index in [-0.39, 0.29) is 0 Å². The Morgan fingerprint density at radius 2 is 2.07 bits per heavy atom. The molecule has 1 rings (SSSR count). The summed E-state index contributed by atoms with van der Waals surface area (Å²) in [5.41, 5.74) is 2.61. The van der Waals surface area contributed by atoms with Gasteiger partial charge in [-0.05, 0) is 30.4 Å². The lowest BCUT2D eigenvalue weighted by molar-refractivity contribution is 0.732. The van der Waals surface area contributed by atoms with Gasteiger partial charge in [-0.1, -0.05) is 44.2 Å². The molecule has 0 saturated carbocycles. The molecule has 0 amide bonds. The van der Waals surface area contributed by atoms with Gasteiger partial charge in [0.05, 0.1) is 0 Å². The van der Waals surface area contributed by atoms with Crippen molar-refractivity contribution in [2.75, 3.05) is 0 Å². The molecule has 1 nitrogen and oxygen atoms in total. The average Bonchev–Trinajstić information content (AvgIpc) is 2.29. The fourth-order valence-corrected chi connectivity index (χ4v) is 1.51. The highest BCUT2D eigenvalue weighted by Crippen LogP contribution is 2.21. The summed E-state index contributed by atoms with van der Waals surface area (Å²) in [6, 6.07) is 8.46. The van der Waals surface area contributed by atoms with Crippen LogP contribution in [0.5, 0.6) is 0 Å². The second kappa shape index (κ2) is 6.18. The van der Waals surface area contributed by atoms with Gasteiger partial charge in [0, 0.05) is 12.4 Å². The van der Waals surface area contributed by atoms with Crippen LogP contribution < -0.4 is 0 Å². The summed E-state index contributed by atoms with van der Waals surface area (Å²) in [4.78, 5) is 4.23. The van der Waals surface area contributed by atoms with Gasteiger partial charge in [-0.15, -0.1) is 0 Å². The Morgan fingerprint density at radius 3 is 2.73 bits per heavy atom. The maximum Gasteiger partial charge on any atom is 0.0343 e. The number of allylic oxidation sites excluding steroid dienone is 1. The highest BCUT2D eigenvalue weighted by atomic mass is 14.7. The van der Waals surface area contributed by atoms with Crippen molar-refractivity contribution in [1.82, 2.24) is 0 Å². The second-order valence-corrected chi connectivity index (χ2v) is 3.70. The Bertz CT molecular complexity index is 350. The lowest BCUT2D eigenvalue weighted by Crippen LogP contribution is -1.97. The van der Waals surface area contributed by atoms with Gasteiger partial charge in [-0.2, -0.15) is 0 Å². The lowest BCUT2D eigenvalue weighted by Gasteiger charge is -2.11. The molecule has 0 fully saturated rings. The molecule has 1 heteroatoms. The van der Waals surface area contributed by atoms with Crippen LogP contribution in [0.1, 0.15) is 44.2 Å². The van der Waals surface area contributed by atoms with Crippen LogP contribution >= 0.6 is 0 Å². The molecule has 1 aromatic carbocycles. The molecule has 15 heavy (non-hydrogen) atoms. The van der Waals surface area contributed by atoms with E-state index in [2.05, 4.69) is 43.1 Å². The molecule has 0 saturated heterocycles. The van der Waals surface area contributed by atoms with Crippen LogP contribution in [0.25, 0.3) is 0 Å². The predicted molar refractivity (Wildman–Crippen MR) is 67.6 cm³/mol. The molecule has 80 valence electrons. The summed E-state index contributed by atoms with van der Waals surface area (Å²) >= 11 is 0. The third kappa shape index (κ3) is 3.35. The molecular weight excluding hydrogens is 182 g/mol. The second-order valence-electron chi connectivity index (χ2n) is 3.70. The topological polar surface area (TPSA) is 12.4 Å². The minimum absolute atomic E-state index is 0.596. The summed E-state index contributed by atoms with van der Waals surface area (Å²) in [6.45, 7) is 6.44. The van der Waals surface area contributed by atoms with Crippen molar-refractivity contribution in [2.24, 2.45) is 4.99 Å². The van der Waals surface area contributed by atoms with Crippen LogP contribution in [-0.2, 0) is 0 Å². The summed E-state index contributed by atoms with van der Waals surface area (Å²) in [5.74, 6) is 0.596. The van der Waals surface area contributed by atoms with E-state index in [1.165, 1.54) is 11.1 Å². The first-order valence-electron chi connectivity index (χ1n) is 5.52. The van der Waals surface area contributed by atoms with Gasteiger partial charge in [0.15, 0.2) is 0 Å². The normalized spacial score (nSPS) is 13.8. The first-order valence-corrected chi connectivity index (χ1v) is 5.52. The van der Waals surface area contributed by atoms with Gasteiger partial charge in [-0.25, -0.2) is 0 Å². The van der Waals surface area contributed by atoms with E-state index in [9.17, 15) is 0 Å². The summed E-state index contributed by atoms with van der Waals surface area (Å²) in [5, 5.41) is 0. The van der Waals surface area contributed by atoms with Gasteiger partial charge < -0.3 is 0 Å². The largest absolute Gasteiger partial charge is 0.264 e. The Kier molecular flexibility index (Phi) is 4.82. The maximum absolute atomic E-state index is 4.23. The lowest BCUT2D eigenvalue weighted by atomic mass is 9.94. The van der Waals surface area contributed by atoms with Crippen LogP contribution in [0.15, 0.2) is 41.5 Å². The van der Waals surface area contributed by atoms with Crippen molar-refractivity contribution in [3.05, 3.63) is 47.7 Å². The first-order chi connectivity index (χ1) is 7.29. The zero-order valence-corrected chi connectivity index (χ0v) is 9.77. The van der Waals surface area contributed by atoms with Crippen LogP contribution in [0.4, 0.5) is 0 Å². The Hall–Kier alpha value is -1.37. The molecule has 0 spiro atoms. The molecule has 0 bridgehead atoms. The van der Waals surface area contributed by atoms with Crippen molar-refractivity contribution in [3.63, 3.8) is 0 Å². The van der Waals surface area contributed by atoms with Gasteiger partial charge in [0.2, 0.25) is 0 Å². The van der Waals surface area contributed by atoms with E-state index in [1.807, 2.05) is 25.4 Å². The van der Waals surface area contributed by atoms with Crippen molar-refractivity contribution < 1.29 is 0 Å². The van der Waals surface area contributed by atoms with E-state index in [1.54, 1.807) is 0 Å². The zero-order valence-electron chi connectivity index (χ0n) is 9.77. The van der Waals surface area contributed by atoms with Gasteiger partial charge in [-0.3, -0.25) is 4.99 Å². The van der Waals surface area contributed by atoms with Gasteiger partial charge in [0.1, 0.15) is 0 Å². The zero-order chi connectivity index (χ0) is 11.1. The molecular formula is C14H19N. The SMILES string of the molecule is C/C=C\N=C/c1ccccc1C(C)CC. The smallest absolute Gasteiger partial charge is 0.0343 e. The fourth-order valence-electron chi connectivity index (χ4n) is 1.51. The van der Waals surface area contributed by atoms with Crippen molar-refractivity contribution in [1.29, 1.82) is 0 Å². The number of hydrogen-bond acceptors (Lipinski definition) is 1. The Labute approximate surface area is 92.6 Å². The number of hydrogen-bond donors (Lipinski definition) is 0. The van der Waals surface area contributed by atoms with Crippen molar-refractivity contribution in [2.45, 2.75) is 33.1 Å². The standard InChI is InChI=1S/C14H19N/c1-4-10-15-11-13-8-6-7-9-14(13)12(3)5-2/h4,6-12H,5H2,1-3H3/b10-4-,15-11-. The maximum atomic E-state index is 4.23. The third-order valence-electron chi connectivity index (χ3n) is 2.59. The van der Waals surface area contributed by atoms with Crippen LogP contribution in [0.2, 0.25) is 0 Å². The quantitative estimate of drug-likeness (QED) is 0.649.